The molecule has 0 spiro atoms. The largest absolute Gasteiger partial charge is 0.481 e. The molecule has 36 heavy (non-hydrogen) atoms. The van der Waals surface area contributed by atoms with Gasteiger partial charge in [0.05, 0.1) is 6.61 Å². The molecule has 1 aromatic carbocycles. The molecule has 1 fully saturated rings. The number of aliphatic hydroxyl groups is 2. The number of H-pyrrole nitrogens is 1. The van der Waals surface area contributed by atoms with Gasteiger partial charge >= 0.3 is 27.1 Å². The number of ether oxygens (including phenoxy) is 1. The first-order chi connectivity index (χ1) is 16.8. The summed E-state index contributed by atoms with van der Waals surface area (Å²) in [5.74, 6) is 3.53. The number of aliphatic hydroxyl groups excluding tert-OH is 2. The van der Waals surface area contributed by atoms with Gasteiger partial charge in [-0.15, -0.1) is 0 Å². The Labute approximate surface area is 201 Å². The number of aliphatic carboxylic acids is 1. The lowest BCUT2D eigenvalue weighted by Gasteiger charge is -2.19. The first-order valence-electron chi connectivity index (χ1n) is 9.94. The van der Waals surface area contributed by atoms with Crippen LogP contribution in [0.15, 0.2) is 46.1 Å². The van der Waals surface area contributed by atoms with E-state index >= 15 is 0 Å². The third-order valence-electron chi connectivity index (χ3n) is 4.66. The number of nitrogens with zero attached hydrogens (tertiary/aromatic N) is 1. The highest BCUT2D eigenvalue weighted by atomic mass is 31.3. The predicted molar refractivity (Wildman–Crippen MR) is 119 cm³/mol. The third-order valence-corrected chi connectivity index (χ3v) is 7.65. The van der Waals surface area contributed by atoms with Crippen LogP contribution in [0.25, 0.3) is 0 Å². The van der Waals surface area contributed by atoms with Crippen LogP contribution >= 0.6 is 15.4 Å². The second kappa shape index (κ2) is 11.0. The Hall–Kier alpha value is -2.89. The molecule has 0 saturated carbocycles. The normalized spacial score (nSPS) is 24.8. The van der Waals surface area contributed by atoms with E-state index in [1.165, 1.54) is 0 Å². The highest BCUT2D eigenvalue weighted by molar-refractivity contribution is 7.64. The van der Waals surface area contributed by atoms with Gasteiger partial charge in [0.25, 0.3) is 5.56 Å². The summed E-state index contributed by atoms with van der Waals surface area (Å²) >= 11 is 0. The van der Waals surface area contributed by atoms with Crippen LogP contribution in [-0.2, 0) is 27.5 Å². The van der Waals surface area contributed by atoms with Crippen LogP contribution in [0.1, 0.15) is 17.4 Å². The summed E-state index contributed by atoms with van der Waals surface area (Å²) in [7, 11) is -10.4. The predicted octanol–water partition coefficient (Wildman–Crippen LogP) is -1.04. The highest BCUT2D eigenvalue weighted by Gasteiger charge is 2.46. The Bertz CT molecular complexity index is 1390. The molecule has 3 unspecified atom stereocenters. The molecule has 0 radical (unpaired) electrons. The molecule has 6 atom stereocenters. The molecule has 2 aromatic rings. The molecule has 0 amide bonds. The van der Waals surface area contributed by atoms with E-state index in [0.29, 0.717) is 5.56 Å². The summed E-state index contributed by atoms with van der Waals surface area (Å²) in [6.45, 7) is -0.978. The summed E-state index contributed by atoms with van der Waals surface area (Å²) in [6.07, 6.45) is -7.20. The lowest BCUT2D eigenvalue weighted by atomic mass is 10.1. The average Bonchev–Trinajstić information content (AvgIpc) is 3.05. The fourth-order valence-corrected chi connectivity index (χ4v) is 5.46. The second-order valence-electron chi connectivity index (χ2n) is 7.41. The fourth-order valence-electron chi connectivity index (χ4n) is 3.07. The minimum atomic E-state index is -5.31. The molecule has 0 bridgehead atoms. The number of carboxylic acid groups (broad SMARTS) is 1. The van der Waals surface area contributed by atoms with E-state index in [1.54, 1.807) is 30.3 Å². The Morgan fingerprint density at radius 2 is 1.78 bits per heavy atom. The van der Waals surface area contributed by atoms with Crippen molar-refractivity contribution in [2.45, 2.75) is 24.5 Å². The van der Waals surface area contributed by atoms with Crippen LogP contribution in [0.3, 0.4) is 0 Å². The molecule has 3 rings (SSSR count). The summed E-state index contributed by atoms with van der Waals surface area (Å²) in [4.78, 5) is 55.9. The number of carboxylic acids is 1. The van der Waals surface area contributed by atoms with Gasteiger partial charge in [-0.05, 0) is 12.1 Å². The van der Waals surface area contributed by atoms with Crippen LogP contribution < -0.4 is 11.2 Å². The Morgan fingerprint density at radius 1 is 1.11 bits per heavy atom. The van der Waals surface area contributed by atoms with Gasteiger partial charge in [-0.2, -0.15) is 0 Å². The van der Waals surface area contributed by atoms with Gasteiger partial charge in [0.1, 0.15) is 30.0 Å². The van der Waals surface area contributed by atoms with Crippen molar-refractivity contribution in [3.63, 3.8) is 0 Å². The minimum absolute atomic E-state index is 0.172. The van der Waals surface area contributed by atoms with Crippen LogP contribution in [0.4, 0.5) is 0 Å². The number of aromatic nitrogens is 2. The summed E-state index contributed by atoms with van der Waals surface area (Å²) in [5.41, 5.74) is -1.44. The molecule has 2 heterocycles. The summed E-state index contributed by atoms with van der Waals surface area (Å²) in [6, 6.07) is 8.58. The summed E-state index contributed by atoms with van der Waals surface area (Å²) in [5, 5.41) is 29.1. The molecule has 0 aliphatic carbocycles. The van der Waals surface area contributed by atoms with Crippen LogP contribution in [0.2, 0.25) is 0 Å². The number of carbonyl (C=O) groups is 1. The molecule has 1 aliphatic rings. The standard InChI is InChI=1S/C19H20N2O13P2/c22-14(23)10-35(28,29)34-36(30,31)32-9-13-15(24)16(25)18(33-13)21-8-12(17(26)20-19(21)27)7-6-11-4-2-1-3-5-11/h1-5,8,13,15-16,18,24-25H,9-10H2,(H,22,23)(H,28,29)(H,30,31)(H,20,26,27)/t13-,15+,16?,18-/m1/s1. The summed E-state index contributed by atoms with van der Waals surface area (Å²) < 4.78 is 38.1. The minimum Gasteiger partial charge on any atom is -0.481 e. The number of hydrogen-bond acceptors (Lipinski definition) is 10. The molecule has 17 heteroatoms. The van der Waals surface area contributed by atoms with Crippen molar-refractivity contribution in [2.24, 2.45) is 0 Å². The number of hydrogen-bond donors (Lipinski definition) is 6. The molecular weight excluding hydrogens is 526 g/mol. The van der Waals surface area contributed by atoms with E-state index in [4.69, 9.17) is 9.84 Å². The Balaban J connectivity index is 1.76. The molecular formula is C19H20N2O13P2. The van der Waals surface area contributed by atoms with Crippen LogP contribution in [0.5, 0.6) is 0 Å². The number of phosphoric acid groups is 1. The van der Waals surface area contributed by atoms with Gasteiger partial charge in [-0.1, -0.05) is 30.0 Å². The lowest BCUT2D eigenvalue weighted by molar-refractivity contribution is -0.134. The molecule has 1 saturated heterocycles. The van der Waals surface area contributed by atoms with Crippen molar-refractivity contribution in [2.75, 3.05) is 12.8 Å². The van der Waals surface area contributed by atoms with E-state index in [0.717, 1.165) is 10.8 Å². The van der Waals surface area contributed by atoms with E-state index in [-0.39, 0.29) is 5.56 Å². The Morgan fingerprint density at radius 3 is 2.42 bits per heavy atom. The van der Waals surface area contributed by atoms with Crippen molar-refractivity contribution in [1.82, 2.24) is 9.55 Å². The quantitative estimate of drug-likeness (QED) is 0.172. The molecule has 1 aromatic heterocycles. The van der Waals surface area contributed by atoms with E-state index in [1.807, 2.05) is 4.98 Å². The zero-order valence-electron chi connectivity index (χ0n) is 18.0. The maximum absolute atomic E-state index is 12.3. The van der Waals surface area contributed by atoms with Crippen LogP contribution in [0, 0.1) is 11.8 Å². The third kappa shape index (κ3) is 7.08. The topological polar surface area (TPSA) is 235 Å². The number of nitrogens with one attached hydrogen (secondary N) is 1. The zero-order valence-corrected chi connectivity index (χ0v) is 19.8. The van der Waals surface area contributed by atoms with Gasteiger partial charge in [0, 0.05) is 11.8 Å². The fraction of sp³-hybridized carbons (Fsp3) is 0.316. The first kappa shape index (κ1) is 27.7. The van der Waals surface area contributed by atoms with E-state index in [2.05, 4.69) is 20.7 Å². The average molecular weight is 546 g/mol. The molecule has 194 valence electrons. The van der Waals surface area contributed by atoms with E-state index in [9.17, 15) is 43.5 Å². The van der Waals surface area contributed by atoms with Crippen LogP contribution in [-0.4, -0.2) is 71.7 Å². The van der Waals surface area contributed by atoms with Crippen molar-refractivity contribution in [1.29, 1.82) is 0 Å². The first-order valence-corrected chi connectivity index (χ1v) is 13.2. The SMILES string of the molecule is O=C(O)CP(=O)(O)OP(=O)(O)OC[C@H]1O[C@@H](n2cc(C#Cc3ccccc3)c(=O)[nH]c2=O)C(O)[C@H]1O. The van der Waals surface area contributed by atoms with Gasteiger partial charge in [0.15, 0.2) is 6.23 Å². The lowest BCUT2D eigenvalue weighted by Crippen LogP contribution is -2.38. The molecule has 15 nitrogen and oxygen atoms in total. The molecule has 1 aliphatic heterocycles. The van der Waals surface area contributed by atoms with Crippen molar-refractivity contribution < 1.29 is 52.6 Å². The maximum atomic E-state index is 12.3. The van der Waals surface area contributed by atoms with Crippen molar-refractivity contribution >= 4 is 21.4 Å². The molecule has 6 N–H and O–H groups in total. The number of benzene rings is 1. The number of aromatic amines is 1. The highest BCUT2D eigenvalue weighted by Crippen LogP contribution is 2.59. The van der Waals surface area contributed by atoms with Crippen molar-refractivity contribution in [3.8, 4) is 11.8 Å². The van der Waals surface area contributed by atoms with E-state index < -0.39 is 69.9 Å². The monoisotopic (exact) mass is 546 g/mol. The van der Waals surface area contributed by atoms with Crippen molar-refractivity contribution in [3.05, 3.63) is 68.5 Å². The van der Waals surface area contributed by atoms with Gasteiger partial charge < -0.3 is 29.8 Å². The number of rotatable bonds is 8. The van der Waals surface area contributed by atoms with Gasteiger partial charge in [-0.3, -0.25) is 28.2 Å². The smallest absolute Gasteiger partial charge is 0.479 e. The number of phosphoric ester groups is 1. The maximum Gasteiger partial charge on any atom is 0.479 e. The zero-order chi connectivity index (χ0) is 26.7. The Kier molecular flexibility index (Phi) is 8.48. The second-order valence-corrected chi connectivity index (χ2v) is 10.8. The van der Waals surface area contributed by atoms with Gasteiger partial charge in [-0.25, -0.2) is 13.7 Å². The van der Waals surface area contributed by atoms with Gasteiger partial charge in [0.2, 0.25) is 0 Å².